The summed E-state index contributed by atoms with van der Waals surface area (Å²) >= 11 is 0. The topological polar surface area (TPSA) is 81.2 Å². The van der Waals surface area contributed by atoms with Crippen LogP contribution in [0.5, 0.6) is 0 Å². The molecule has 3 rings (SSSR count). The molecular weight excluding hydrogens is 314 g/mol. The normalized spacial score (nSPS) is 20.6. The van der Waals surface area contributed by atoms with Crippen LogP contribution < -0.4 is 11.1 Å². The summed E-state index contributed by atoms with van der Waals surface area (Å²) in [6.45, 7) is 1.99. The van der Waals surface area contributed by atoms with Gasteiger partial charge in [0, 0.05) is 23.2 Å². The number of aromatic nitrogens is 1. The fraction of sp³-hybridized carbons (Fsp3) is 0.412. The average Bonchev–Trinajstić information content (AvgIpc) is 3.03. The summed E-state index contributed by atoms with van der Waals surface area (Å²) in [5.74, 6) is 0.626. The number of hydrogen-bond donors (Lipinski definition) is 2. The molecule has 1 aromatic heterocycles. The van der Waals surface area contributed by atoms with E-state index in [1.165, 1.54) is 0 Å². The van der Waals surface area contributed by atoms with E-state index in [-0.39, 0.29) is 30.3 Å². The number of halogens is 1. The Balaban J connectivity index is 0.00000192. The summed E-state index contributed by atoms with van der Waals surface area (Å²) in [6, 6.07) is 5.91. The number of nitrogens with one attached hydrogen (secondary N) is 1. The first kappa shape index (κ1) is 17.5. The number of hydrogen-bond acceptors (Lipinski definition) is 4. The minimum absolute atomic E-state index is 0. The molecule has 1 saturated carbocycles. The third-order valence-corrected chi connectivity index (χ3v) is 4.25. The first-order chi connectivity index (χ1) is 10.6. The lowest BCUT2D eigenvalue weighted by molar-refractivity contribution is -0.120. The molecule has 0 aliphatic heterocycles. The summed E-state index contributed by atoms with van der Waals surface area (Å²) in [4.78, 5) is 16.6. The monoisotopic (exact) mass is 335 g/mol. The van der Waals surface area contributed by atoms with Crippen LogP contribution in [-0.4, -0.2) is 16.9 Å². The molecule has 3 N–H and O–H groups in total. The lowest BCUT2D eigenvalue weighted by Gasteiger charge is -2.25. The largest absolute Gasteiger partial charge is 0.445 e. The molecule has 1 fully saturated rings. The summed E-state index contributed by atoms with van der Waals surface area (Å²) in [6.07, 6.45) is 6.88. The predicted octanol–water partition coefficient (Wildman–Crippen LogP) is 3.53. The van der Waals surface area contributed by atoms with Crippen molar-refractivity contribution in [2.45, 2.75) is 38.6 Å². The SMILES string of the molecule is Cc1ccc(NC(=O)C2CCCC(N)C2)cc1-c1ncco1.Cl. The smallest absolute Gasteiger partial charge is 0.227 e. The van der Waals surface area contributed by atoms with E-state index in [1.807, 2.05) is 25.1 Å². The molecule has 0 spiro atoms. The van der Waals surface area contributed by atoms with Crippen molar-refractivity contribution in [2.75, 3.05) is 5.32 Å². The molecule has 0 radical (unpaired) electrons. The Hall–Kier alpha value is -1.85. The van der Waals surface area contributed by atoms with E-state index in [0.717, 1.165) is 42.5 Å². The maximum Gasteiger partial charge on any atom is 0.227 e. The van der Waals surface area contributed by atoms with Crippen LogP contribution in [0.1, 0.15) is 31.2 Å². The lowest BCUT2D eigenvalue weighted by atomic mass is 9.85. The molecule has 1 aliphatic rings. The fourth-order valence-electron chi connectivity index (χ4n) is 3.00. The van der Waals surface area contributed by atoms with Gasteiger partial charge in [-0.25, -0.2) is 4.98 Å². The molecule has 6 heteroatoms. The quantitative estimate of drug-likeness (QED) is 0.899. The number of oxazole rings is 1. The van der Waals surface area contributed by atoms with Crippen LogP contribution in [0.2, 0.25) is 0 Å². The van der Waals surface area contributed by atoms with Crippen LogP contribution in [0.25, 0.3) is 11.5 Å². The van der Waals surface area contributed by atoms with Crippen molar-refractivity contribution in [3.8, 4) is 11.5 Å². The van der Waals surface area contributed by atoms with Gasteiger partial charge >= 0.3 is 0 Å². The van der Waals surface area contributed by atoms with Gasteiger partial charge in [-0.15, -0.1) is 12.4 Å². The zero-order chi connectivity index (χ0) is 15.5. The van der Waals surface area contributed by atoms with Crippen molar-refractivity contribution in [2.24, 2.45) is 11.7 Å². The van der Waals surface area contributed by atoms with Crippen LogP contribution in [0, 0.1) is 12.8 Å². The minimum atomic E-state index is 0. The summed E-state index contributed by atoms with van der Waals surface area (Å²) in [5, 5.41) is 3.00. The Labute approximate surface area is 142 Å². The standard InChI is InChI=1S/C17H21N3O2.ClH/c1-11-5-6-14(10-15(11)17-19-7-8-22-17)20-16(21)12-3-2-4-13(18)9-12;/h5-8,10,12-13H,2-4,9,18H2,1H3,(H,20,21);1H. The predicted molar refractivity (Wildman–Crippen MR) is 92.5 cm³/mol. The third-order valence-electron chi connectivity index (χ3n) is 4.25. The highest BCUT2D eigenvalue weighted by Gasteiger charge is 2.25. The first-order valence-electron chi connectivity index (χ1n) is 7.70. The highest BCUT2D eigenvalue weighted by Crippen LogP contribution is 2.27. The van der Waals surface area contributed by atoms with Crippen LogP contribution >= 0.6 is 12.4 Å². The Morgan fingerprint density at radius 1 is 1.39 bits per heavy atom. The van der Waals surface area contributed by atoms with E-state index in [9.17, 15) is 4.79 Å². The van der Waals surface area contributed by atoms with Gasteiger partial charge in [0.2, 0.25) is 11.8 Å². The van der Waals surface area contributed by atoms with Gasteiger partial charge in [0.25, 0.3) is 0 Å². The molecular formula is C17H22ClN3O2. The molecule has 23 heavy (non-hydrogen) atoms. The van der Waals surface area contributed by atoms with Crippen molar-refractivity contribution in [1.82, 2.24) is 4.98 Å². The van der Waals surface area contributed by atoms with Crippen LogP contribution in [0.3, 0.4) is 0 Å². The van der Waals surface area contributed by atoms with E-state index in [4.69, 9.17) is 10.2 Å². The number of anilines is 1. The summed E-state index contributed by atoms with van der Waals surface area (Å²) < 4.78 is 5.35. The number of rotatable bonds is 3. The van der Waals surface area contributed by atoms with Gasteiger partial charge < -0.3 is 15.5 Å². The molecule has 1 amide bonds. The van der Waals surface area contributed by atoms with Crippen molar-refractivity contribution >= 4 is 24.0 Å². The number of amides is 1. The zero-order valence-corrected chi connectivity index (χ0v) is 13.9. The maximum atomic E-state index is 12.4. The molecule has 0 saturated heterocycles. The Bertz CT molecular complexity index is 658. The number of benzene rings is 1. The van der Waals surface area contributed by atoms with E-state index in [2.05, 4.69) is 10.3 Å². The Morgan fingerprint density at radius 2 is 2.22 bits per heavy atom. The summed E-state index contributed by atoms with van der Waals surface area (Å²) in [5.41, 5.74) is 8.68. The van der Waals surface area contributed by atoms with Gasteiger partial charge in [-0.2, -0.15) is 0 Å². The first-order valence-corrected chi connectivity index (χ1v) is 7.70. The van der Waals surface area contributed by atoms with Gasteiger partial charge in [-0.3, -0.25) is 4.79 Å². The highest BCUT2D eigenvalue weighted by atomic mass is 35.5. The average molecular weight is 336 g/mol. The van der Waals surface area contributed by atoms with Crippen LogP contribution in [0.4, 0.5) is 5.69 Å². The fourth-order valence-corrected chi connectivity index (χ4v) is 3.00. The highest BCUT2D eigenvalue weighted by molar-refractivity contribution is 5.93. The van der Waals surface area contributed by atoms with E-state index >= 15 is 0 Å². The van der Waals surface area contributed by atoms with Crippen molar-refractivity contribution < 1.29 is 9.21 Å². The Morgan fingerprint density at radius 3 is 2.91 bits per heavy atom. The second kappa shape index (κ2) is 7.62. The van der Waals surface area contributed by atoms with E-state index < -0.39 is 0 Å². The Kier molecular flexibility index (Phi) is 5.80. The van der Waals surface area contributed by atoms with Gasteiger partial charge in [0.1, 0.15) is 6.26 Å². The number of carbonyl (C=O) groups excluding carboxylic acids is 1. The molecule has 1 aliphatic carbocycles. The molecule has 1 aromatic carbocycles. The second-order valence-corrected chi connectivity index (χ2v) is 5.98. The molecule has 124 valence electrons. The van der Waals surface area contributed by atoms with Gasteiger partial charge in [0.05, 0.1) is 6.20 Å². The zero-order valence-electron chi connectivity index (χ0n) is 13.1. The van der Waals surface area contributed by atoms with Crippen molar-refractivity contribution in [3.63, 3.8) is 0 Å². The molecule has 0 bridgehead atoms. The summed E-state index contributed by atoms with van der Waals surface area (Å²) in [7, 11) is 0. The minimum Gasteiger partial charge on any atom is -0.445 e. The molecule has 2 aromatic rings. The molecule has 1 heterocycles. The van der Waals surface area contributed by atoms with E-state index in [0.29, 0.717) is 5.89 Å². The number of carbonyl (C=O) groups is 1. The van der Waals surface area contributed by atoms with E-state index in [1.54, 1.807) is 12.5 Å². The second-order valence-electron chi connectivity index (χ2n) is 5.98. The van der Waals surface area contributed by atoms with Gasteiger partial charge in [-0.1, -0.05) is 12.5 Å². The van der Waals surface area contributed by atoms with Gasteiger partial charge in [0.15, 0.2) is 0 Å². The number of nitrogens with zero attached hydrogens (tertiary/aromatic N) is 1. The number of aryl methyl sites for hydroxylation is 1. The third kappa shape index (κ3) is 4.12. The van der Waals surface area contributed by atoms with Crippen LogP contribution in [-0.2, 0) is 4.79 Å². The maximum absolute atomic E-state index is 12.4. The van der Waals surface area contributed by atoms with Crippen molar-refractivity contribution in [1.29, 1.82) is 0 Å². The molecule has 2 atom stereocenters. The molecule has 2 unspecified atom stereocenters. The lowest BCUT2D eigenvalue weighted by Crippen LogP contribution is -2.34. The number of nitrogens with two attached hydrogens (primary N) is 1. The van der Waals surface area contributed by atoms with Crippen LogP contribution in [0.15, 0.2) is 35.1 Å². The molecule has 5 nitrogen and oxygen atoms in total. The van der Waals surface area contributed by atoms with Gasteiger partial charge in [-0.05, 0) is 43.9 Å². The van der Waals surface area contributed by atoms with Crippen molar-refractivity contribution in [3.05, 3.63) is 36.2 Å².